The van der Waals surface area contributed by atoms with E-state index in [-0.39, 0.29) is 101 Å². The second kappa shape index (κ2) is 35.3. The maximum Gasteiger partial charge on any atom is 0.393 e. The normalized spacial score (nSPS) is 31.0. The SMILES string of the molecule is CC[C@H](C)[C@@H]1NC(=O)[C@H](CC(C)C)N(C)C(=O)C[C@@H](C(=O)N2CCCCC2)N(C)C(=O)[C@H](C(C)C)N(C)C(=O)C2(CCCC2)NC(=O)[C@@H]2CCCN2C(=O)[C@H](CCC2CCC(C(F)(F)F)C(Cl)C2)NC(=O)CN(C)C(=O)[C@H](CC2CCCCC2)N(C)C(=O)[C@@H]2CCN2C(=O)[C@H](C)N(C)C1=O. The molecule has 0 aromatic rings. The zero-order chi connectivity index (χ0) is 74.0. The first-order chi connectivity index (χ1) is 47.0. The zero-order valence-corrected chi connectivity index (χ0v) is 62.4. The van der Waals surface area contributed by atoms with Gasteiger partial charge in [-0.2, -0.15) is 13.2 Å². The molecule has 0 bridgehead atoms. The van der Waals surface area contributed by atoms with E-state index in [1.807, 2.05) is 20.8 Å². The third-order valence-electron chi connectivity index (χ3n) is 23.3. The average molecular weight is 1430 g/mol. The number of hydrogen-bond acceptors (Lipinski definition) is 12. The maximum absolute atomic E-state index is 15.5. The third-order valence-corrected chi connectivity index (χ3v) is 23.8. The summed E-state index contributed by atoms with van der Waals surface area (Å²) in [5.41, 5.74) is -1.56. The third kappa shape index (κ3) is 19.1. The van der Waals surface area contributed by atoms with Gasteiger partial charge < -0.3 is 60.0 Å². The highest BCUT2D eigenvalue weighted by molar-refractivity contribution is 6.21. The number of rotatable bonds is 11. The van der Waals surface area contributed by atoms with E-state index in [9.17, 15) is 46.7 Å². The molecule has 564 valence electrons. The Morgan fingerprint density at radius 2 is 1.23 bits per heavy atom. The molecule has 3 unspecified atom stereocenters. The molecule has 4 heterocycles. The van der Waals surface area contributed by atoms with Crippen LogP contribution in [0.15, 0.2) is 0 Å². The molecule has 7 fully saturated rings. The summed E-state index contributed by atoms with van der Waals surface area (Å²) in [7, 11) is 8.68. The molecule has 100 heavy (non-hydrogen) atoms. The zero-order valence-electron chi connectivity index (χ0n) is 61.7. The lowest BCUT2D eigenvalue weighted by molar-refractivity contribution is -0.182. The molecule has 3 saturated carbocycles. The highest BCUT2D eigenvalue weighted by Crippen LogP contribution is 2.44. The largest absolute Gasteiger partial charge is 0.393 e. The first-order valence-electron chi connectivity index (χ1n) is 37.2. The fourth-order valence-electron chi connectivity index (χ4n) is 16.5. The van der Waals surface area contributed by atoms with Gasteiger partial charge in [0.25, 0.3) is 0 Å². The minimum atomic E-state index is -4.51. The summed E-state index contributed by atoms with van der Waals surface area (Å²) in [6.07, 6.45) is 4.58. The van der Waals surface area contributed by atoms with Crippen LogP contribution in [0.25, 0.3) is 0 Å². The molecule has 3 aliphatic carbocycles. The summed E-state index contributed by atoms with van der Waals surface area (Å²) in [5.74, 6) is -10.7. The molecule has 0 aromatic carbocycles. The molecular formula is C72H116ClF3N12O12. The minimum absolute atomic E-state index is 0.00104. The lowest BCUT2D eigenvalue weighted by Gasteiger charge is -2.45. The number of alkyl halides is 4. The van der Waals surface area contributed by atoms with Crippen molar-refractivity contribution in [2.75, 3.05) is 75.0 Å². The van der Waals surface area contributed by atoms with Crippen LogP contribution in [0.2, 0.25) is 0 Å². The molecule has 28 heteroatoms. The smallest absolute Gasteiger partial charge is 0.343 e. The van der Waals surface area contributed by atoms with Crippen LogP contribution < -0.4 is 16.0 Å². The number of carbonyl (C=O) groups is 12. The second-order valence-electron chi connectivity index (χ2n) is 31.1. The molecular weight excluding hydrogens is 1320 g/mol. The van der Waals surface area contributed by atoms with E-state index >= 15 is 24.0 Å². The standard InChI is InChI=1S/C72H116ClF3N12O12/c1-14-45(6)59-68(98)81(9)46(7)63(93)88-37-31-53(88)66(96)83(11)55(40-47-24-17-15-18-25-47)65(95)80(8)42-57(89)77-51(30-28-48-27-29-49(50(73)39-48)72(74,75)76)64(94)87-36-23-26-52(87)62(92)79-71(32-19-20-33-71)70(100)85(13)60(44(4)5)69(99)84(12)56(67(97)86-34-21-16-22-35-86)41-58(90)82(10)54(38-43(2)3)61(91)78-59/h43-56,59-60H,14-42H2,1-13H3,(H,77,89)(H,78,91)(H,79,92)/t45-,46-,48?,49?,50?,51-,52-,53-,54-,55-,56-,59-,60-/m0/s1. The molecule has 7 rings (SSSR count). The van der Waals surface area contributed by atoms with Crippen LogP contribution in [0.1, 0.15) is 203 Å². The van der Waals surface area contributed by atoms with E-state index in [1.54, 1.807) is 25.7 Å². The summed E-state index contributed by atoms with van der Waals surface area (Å²) < 4.78 is 42.0. The number of likely N-dealkylation sites (tertiary alicyclic amines) is 1. The number of piperidine rings is 1. The van der Waals surface area contributed by atoms with Crippen LogP contribution in [-0.2, 0) is 57.5 Å². The molecule has 7 aliphatic rings. The Balaban J connectivity index is 1.27. The predicted octanol–water partition coefficient (Wildman–Crippen LogP) is 6.09. The number of fused-ring (bicyclic) bond motifs is 2. The fourth-order valence-corrected chi connectivity index (χ4v) is 17.0. The minimum Gasteiger partial charge on any atom is -0.343 e. The van der Waals surface area contributed by atoms with E-state index in [0.29, 0.717) is 51.6 Å². The number of amides is 12. The summed E-state index contributed by atoms with van der Waals surface area (Å²) in [6, 6.07) is -10.8. The van der Waals surface area contributed by atoms with Crippen molar-refractivity contribution >= 4 is 82.5 Å². The van der Waals surface area contributed by atoms with E-state index in [0.717, 1.165) is 38.5 Å². The van der Waals surface area contributed by atoms with Crippen LogP contribution in [0, 0.1) is 35.5 Å². The monoisotopic (exact) mass is 1430 g/mol. The molecule has 13 atom stereocenters. The number of carbonyl (C=O) groups excluding carboxylic acids is 12. The first kappa shape index (κ1) is 81.0. The van der Waals surface area contributed by atoms with Crippen LogP contribution >= 0.6 is 11.6 Å². The van der Waals surface area contributed by atoms with Crippen molar-refractivity contribution in [2.24, 2.45) is 35.5 Å². The van der Waals surface area contributed by atoms with Crippen molar-refractivity contribution in [3.05, 3.63) is 0 Å². The Labute approximate surface area is 595 Å². The number of nitrogens with zero attached hydrogens (tertiary/aromatic N) is 9. The number of nitrogens with one attached hydrogen (secondary N) is 3. The molecule has 1 spiro atoms. The highest BCUT2D eigenvalue weighted by Gasteiger charge is 2.52. The van der Waals surface area contributed by atoms with Crippen molar-refractivity contribution in [1.29, 1.82) is 0 Å². The van der Waals surface area contributed by atoms with Gasteiger partial charge in [0.15, 0.2) is 0 Å². The van der Waals surface area contributed by atoms with Gasteiger partial charge in [0.05, 0.1) is 18.9 Å². The Bertz CT molecular complexity index is 2940. The van der Waals surface area contributed by atoms with E-state index in [4.69, 9.17) is 11.6 Å². The van der Waals surface area contributed by atoms with Crippen LogP contribution in [0.3, 0.4) is 0 Å². The molecule has 3 N–H and O–H groups in total. The molecule has 4 saturated heterocycles. The van der Waals surface area contributed by atoms with Gasteiger partial charge in [-0.1, -0.05) is 92.9 Å². The van der Waals surface area contributed by atoms with Crippen molar-refractivity contribution in [3.63, 3.8) is 0 Å². The quantitative estimate of drug-likeness (QED) is 0.198. The average Bonchev–Trinajstić information content (AvgIpc) is 1.14. The van der Waals surface area contributed by atoms with E-state index in [2.05, 4.69) is 16.0 Å². The van der Waals surface area contributed by atoms with Crippen molar-refractivity contribution < 1.29 is 70.7 Å². The Morgan fingerprint density at radius 1 is 0.600 bits per heavy atom. The van der Waals surface area contributed by atoms with Gasteiger partial charge >= 0.3 is 6.18 Å². The summed E-state index contributed by atoms with van der Waals surface area (Å²) in [4.78, 5) is 192. The van der Waals surface area contributed by atoms with Crippen LogP contribution in [0.4, 0.5) is 13.2 Å². The van der Waals surface area contributed by atoms with Gasteiger partial charge in [-0.25, -0.2) is 0 Å². The molecule has 24 nitrogen and oxygen atoms in total. The van der Waals surface area contributed by atoms with Gasteiger partial charge in [0.2, 0.25) is 70.9 Å². The second-order valence-corrected chi connectivity index (χ2v) is 31.6. The summed E-state index contributed by atoms with van der Waals surface area (Å²) >= 11 is 6.41. The van der Waals surface area contributed by atoms with Gasteiger partial charge in [-0.15, -0.1) is 11.6 Å². The highest BCUT2D eigenvalue weighted by atomic mass is 35.5. The lowest BCUT2D eigenvalue weighted by atomic mass is 9.78. The summed E-state index contributed by atoms with van der Waals surface area (Å²) in [6.45, 7) is 12.8. The predicted molar refractivity (Wildman–Crippen MR) is 370 cm³/mol. The molecule has 12 amide bonds. The lowest BCUT2D eigenvalue weighted by Crippen LogP contribution is -2.65. The van der Waals surface area contributed by atoms with Crippen molar-refractivity contribution in [3.8, 4) is 0 Å². The van der Waals surface area contributed by atoms with Gasteiger partial charge in [-0.05, 0) is 133 Å². The molecule has 0 radical (unpaired) electrons. The number of hydrogen-bond donors (Lipinski definition) is 3. The van der Waals surface area contributed by atoms with Crippen molar-refractivity contribution in [1.82, 2.24) is 60.0 Å². The fraction of sp³-hybridized carbons (Fsp3) is 0.833. The Kier molecular flexibility index (Phi) is 28.6. The van der Waals surface area contributed by atoms with Crippen molar-refractivity contribution in [2.45, 2.75) is 274 Å². The Hall–Kier alpha value is -6.28. The molecule has 0 aromatic heterocycles. The van der Waals surface area contributed by atoms with Crippen LogP contribution in [0.5, 0.6) is 0 Å². The van der Waals surface area contributed by atoms with Gasteiger partial charge in [0, 0.05) is 73.8 Å². The summed E-state index contributed by atoms with van der Waals surface area (Å²) in [5, 5.41) is 7.61. The topological polar surface area (TPSA) is 270 Å². The van der Waals surface area contributed by atoms with Gasteiger partial charge in [-0.3, -0.25) is 57.5 Å². The number of likely N-dealkylation sites (N-methyl/N-ethyl adjacent to an activating group) is 6. The number of halogens is 4. The van der Waals surface area contributed by atoms with E-state index in [1.165, 1.54) is 88.4 Å². The van der Waals surface area contributed by atoms with Gasteiger partial charge in [0.1, 0.15) is 59.9 Å². The molecule has 4 aliphatic heterocycles. The van der Waals surface area contributed by atoms with E-state index < -0.39 is 173 Å². The maximum atomic E-state index is 15.5. The first-order valence-corrected chi connectivity index (χ1v) is 37.6. The Morgan fingerprint density at radius 3 is 1.81 bits per heavy atom. The van der Waals surface area contributed by atoms with Crippen LogP contribution in [-0.4, -0.2) is 261 Å².